The summed E-state index contributed by atoms with van der Waals surface area (Å²) < 4.78 is 78.2. The van der Waals surface area contributed by atoms with Crippen LogP contribution in [0.15, 0.2) is 86.9 Å². The Balaban J connectivity index is 1.54. The van der Waals surface area contributed by atoms with E-state index in [1.807, 2.05) is 6.92 Å². The van der Waals surface area contributed by atoms with Crippen molar-refractivity contribution in [1.29, 1.82) is 0 Å². The van der Waals surface area contributed by atoms with Crippen molar-refractivity contribution in [3.63, 3.8) is 0 Å². The standard InChI is InChI=1S/C25H20F3NO5S/c1-2-33-19-8-6-18(7-9-19)29-35(31,32)20-10-3-16(4-11-20)13-17-5-12-23-21(14-17)22(25(26,27)28)15-24(30)34-23/h3-12,14-15,29H,2,13H2,1H3. The van der Waals surface area contributed by atoms with Crippen LogP contribution in [0.25, 0.3) is 11.0 Å². The first-order valence-corrected chi connectivity index (χ1v) is 12.0. The highest BCUT2D eigenvalue weighted by Gasteiger charge is 2.33. The molecular weight excluding hydrogens is 483 g/mol. The number of anilines is 1. The Bertz CT molecular complexity index is 1510. The zero-order chi connectivity index (χ0) is 25.2. The molecule has 0 amide bonds. The maximum Gasteiger partial charge on any atom is 0.417 e. The van der Waals surface area contributed by atoms with E-state index in [1.54, 1.807) is 42.5 Å². The summed E-state index contributed by atoms with van der Waals surface area (Å²) in [6.45, 7) is 2.34. The molecular formula is C25H20F3NO5S. The number of halogens is 3. The molecule has 0 spiro atoms. The first kappa shape index (κ1) is 24.3. The van der Waals surface area contributed by atoms with E-state index in [0.29, 0.717) is 35.2 Å². The lowest BCUT2D eigenvalue weighted by Gasteiger charge is -2.11. The molecule has 0 aliphatic heterocycles. The second kappa shape index (κ2) is 9.46. The van der Waals surface area contributed by atoms with E-state index in [-0.39, 0.29) is 22.3 Å². The number of sulfonamides is 1. The number of alkyl halides is 3. The Kier molecular flexibility index (Phi) is 6.58. The largest absolute Gasteiger partial charge is 0.494 e. The molecule has 0 aliphatic rings. The number of ether oxygens (including phenoxy) is 1. The van der Waals surface area contributed by atoms with E-state index >= 15 is 0 Å². The first-order chi connectivity index (χ1) is 16.5. The fraction of sp³-hybridized carbons (Fsp3) is 0.160. The number of hydrogen-bond donors (Lipinski definition) is 1. The lowest BCUT2D eigenvalue weighted by atomic mass is 10.0. The Hall–Kier alpha value is -3.79. The summed E-state index contributed by atoms with van der Waals surface area (Å²) in [5.74, 6) is 0.623. The van der Waals surface area contributed by atoms with Crippen molar-refractivity contribution in [3.8, 4) is 5.75 Å². The number of fused-ring (bicyclic) bond motifs is 1. The van der Waals surface area contributed by atoms with Crippen LogP contribution < -0.4 is 15.1 Å². The van der Waals surface area contributed by atoms with Crippen LogP contribution in [0.5, 0.6) is 5.75 Å². The van der Waals surface area contributed by atoms with Crippen LogP contribution in [0.3, 0.4) is 0 Å². The van der Waals surface area contributed by atoms with Gasteiger partial charge >= 0.3 is 11.8 Å². The third-order valence-electron chi connectivity index (χ3n) is 5.17. The van der Waals surface area contributed by atoms with Crippen LogP contribution in [0.1, 0.15) is 23.6 Å². The molecule has 182 valence electrons. The Labute approximate surface area is 199 Å². The summed E-state index contributed by atoms with van der Waals surface area (Å²) in [6.07, 6.45) is -4.46. The maximum atomic E-state index is 13.4. The van der Waals surface area contributed by atoms with Gasteiger partial charge in [-0.15, -0.1) is 0 Å². The van der Waals surface area contributed by atoms with E-state index in [9.17, 15) is 26.4 Å². The topological polar surface area (TPSA) is 85.6 Å². The Morgan fingerprint density at radius 2 is 1.57 bits per heavy atom. The van der Waals surface area contributed by atoms with E-state index < -0.39 is 27.4 Å². The lowest BCUT2D eigenvalue weighted by molar-refractivity contribution is -0.136. The summed E-state index contributed by atoms with van der Waals surface area (Å²) in [7, 11) is -3.84. The van der Waals surface area contributed by atoms with Gasteiger partial charge in [0.15, 0.2) is 0 Å². The molecule has 0 unspecified atom stereocenters. The number of hydrogen-bond acceptors (Lipinski definition) is 5. The van der Waals surface area contributed by atoms with Crippen LogP contribution in [0, 0.1) is 0 Å². The third-order valence-corrected chi connectivity index (χ3v) is 6.57. The molecule has 1 heterocycles. The van der Waals surface area contributed by atoms with Gasteiger partial charge < -0.3 is 9.15 Å². The molecule has 35 heavy (non-hydrogen) atoms. The fourth-order valence-electron chi connectivity index (χ4n) is 3.58. The predicted molar refractivity (Wildman–Crippen MR) is 125 cm³/mol. The normalized spacial score (nSPS) is 12.0. The molecule has 1 aromatic heterocycles. The number of rotatable bonds is 7. The molecule has 0 saturated heterocycles. The zero-order valence-electron chi connectivity index (χ0n) is 18.4. The Morgan fingerprint density at radius 1 is 0.914 bits per heavy atom. The predicted octanol–water partition coefficient (Wildman–Crippen LogP) is 5.60. The van der Waals surface area contributed by atoms with Crippen LogP contribution in [-0.4, -0.2) is 15.0 Å². The van der Waals surface area contributed by atoms with Gasteiger partial charge in [-0.1, -0.05) is 18.2 Å². The smallest absolute Gasteiger partial charge is 0.417 e. The van der Waals surface area contributed by atoms with Crippen LogP contribution in [0.2, 0.25) is 0 Å². The molecule has 4 aromatic rings. The van der Waals surface area contributed by atoms with Crippen molar-refractivity contribution in [2.45, 2.75) is 24.4 Å². The highest BCUT2D eigenvalue weighted by Crippen LogP contribution is 2.34. The van der Waals surface area contributed by atoms with Crippen molar-refractivity contribution >= 4 is 26.7 Å². The van der Waals surface area contributed by atoms with Crippen molar-refractivity contribution in [2.75, 3.05) is 11.3 Å². The molecule has 0 radical (unpaired) electrons. The van der Waals surface area contributed by atoms with E-state index in [0.717, 1.165) is 0 Å². The molecule has 3 aromatic carbocycles. The highest BCUT2D eigenvalue weighted by atomic mass is 32.2. The quantitative estimate of drug-likeness (QED) is 0.332. The molecule has 10 heteroatoms. The van der Waals surface area contributed by atoms with Gasteiger partial charge in [0.1, 0.15) is 11.3 Å². The van der Waals surface area contributed by atoms with Gasteiger partial charge in [-0.2, -0.15) is 13.2 Å². The maximum absolute atomic E-state index is 13.4. The van der Waals surface area contributed by atoms with Crippen LogP contribution >= 0.6 is 0 Å². The zero-order valence-corrected chi connectivity index (χ0v) is 19.2. The van der Waals surface area contributed by atoms with Crippen molar-refractivity contribution in [2.24, 2.45) is 0 Å². The molecule has 0 bridgehead atoms. The highest BCUT2D eigenvalue weighted by molar-refractivity contribution is 7.92. The van der Waals surface area contributed by atoms with Gasteiger partial charge in [0, 0.05) is 17.1 Å². The average Bonchev–Trinajstić information content (AvgIpc) is 2.80. The monoisotopic (exact) mass is 503 g/mol. The van der Waals surface area contributed by atoms with Gasteiger partial charge in [-0.05, 0) is 73.0 Å². The van der Waals surface area contributed by atoms with Gasteiger partial charge in [-0.3, -0.25) is 4.72 Å². The minimum atomic E-state index is -4.71. The van der Waals surface area contributed by atoms with E-state index in [1.165, 1.54) is 24.3 Å². The third kappa shape index (κ3) is 5.65. The molecule has 0 atom stereocenters. The minimum Gasteiger partial charge on any atom is -0.494 e. The second-order valence-corrected chi connectivity index (χ2v) is 9.37. The molecule has 0 saturated carbocycles. The average molecular weight is 503 g/mol. The van der Waals surface area contributed by atoms with Crippen LogP contribution in [0.4, 0.5) is 18.9 Å². The van der Waals surface area contributed by atoms with Gasteiger partial charge in [0.25, 0.3) is 10.0 Å². The van der Waals surface area contributed by atoms with Crippen molar-refractivity contribution in [3.05, 3.63) is 99.9 Å². The molecule has 6 nitrogen and oxygen atoms in total. The number of nitrogens with one attached hydrogen (secondary N) is 1. The minimum absolute atomic E-state index is 0.0368. The Morgan fingerprint density at radius 3 is 2.20 bits per heavy atom. The van der Waals surface area contributed by atoms with Crippen molar-refractivity contribution in [1.82, 2.24) is 0 Å². The van der Waals surface area contributed by atoms with E-state index in [2.05, 4.69) is 4.72 Å². The molecule has 4 rings (SSSR count). The lowest BCUT2D eigenvalue weighted by Crippen LogP contribution is -2.13. The fourth-order valence-corrected chi connectivity index (χ4v) is 4.64. The second-order valence-electron chi connectivity index (χ2n) is 7.69. The van der Waals surface area contributed by atoms with Gasteiger partial charge in [0.2, 0.25) is 0 Å². The van der Waals surface area contributed by atoms with Crippen molar-refractivity contribution < 1.29 is 30.7 Å². The summed E-state index contributed by atoms with van der Waals surface area (Å²) in [5.41, 5.74) is -0.688. The summed E-state index contributed by atoms with van der Waals surface area (Å²) in [6, 6.07) is 17.2. The van der Waals surface area contributed by atoms with Gasteiger partial charge in [0.05, 0.1) is 17.1 Å². The number of benzene rings is 3. The van der Waals surface area contributed by atoms with Crippen LogP contribution in [-0.2, 0) is 22.6 Å². The summed E-state index contributed by atoms with van der Waals surface area (Å²) in [4.78, 5) is 11.5. The molecule has 1 N–H and O–H groups in total. The molecule has 0 aliphatic carbocycles. The van der Waals surface area contributed by atoms with E-state index in [4.69, 9.17) is 9.15 Å². The molecule has 0 fully saturated rings. The summed E-state index contributed by atoms with van der Waals surface area (Å²) >= 11 is 0. The summed E-state index contributed by atoms with van der Waals surface area (Å²) in [5, 5.41) is -0.214. The SMILES string of the molecule is CCOc1ccc(NS(=O)(=O)c2ccc(Cc3ccc4oc(=O)cc(C(F)(F)F)c4c3)cc2)cc1. The van der Waals surface area contributed by atoms with Gasteiger partial charge in [-0.25, -0.2) is 13.2 Å². The first-order valence-electron chi connectivity index (χ1n) is 10.5.